The monoisotopic (exact) mass is 418 g/mol. The average Bonchev–Trinajstić information content (AvgIpc) is 2.69. The van der Waals surface area contributed by atoms with E-state index in [0.717, 1.165) is 18.6 Å². The molecule has 1 heterocycles. The summed E-state index contributed by atoms with van der Waals surface area (Å²) in [6, 6.07) is 16.4. The van der Waals surface area contributed by atoms with Gasteiger partial charge in [0, 0.05) is 24.5 Å². The highest BCUT2D eigenvalue weighted by Gasteiger charge is 2.27. The Labute approximate surface area is 171 Å². The second-order valence-electron chi connectivity index (χ2n) is 7.14. The van der Waals surface area contributed by atoms with E-state index >= 15 is 0 Å². The van der Waals surface area contributed by atoms with Gasteiger partial charge in [-0.2, -0.15) is 4.31 Å². The molecular weight excluding hydrogens is 392 g/mol. The third kappa shape index (κ3) is 5.59. The summed E-state index contributed by atoms with van der Waals surface area (Å²) < 4.78 is 27.0. The molecule has 0 unspecified atom stereocenters. The van der Waals surface area contributed by atoms with Gasteiger partial charge in [0.1, 0.15) is 0 Å². The fourth-order valence-electron chi connectivity index (χ4n) is 3.12. The van der Waals surface area contributed by atoms with Crippen molar-refractivity contribution in [3.63, 3.8) is 0 Å². The van der Waals surface area contributed by atoms with Crippen molar-refractivity contribution >= 4 is 33.4 Å². The van der Waals surface area contributed by atoms with Crippen molar-refractivity contribution in [1.82, 2.24) is 4.31 Å². The van der Waals surface area contributed by atoms with Crippen LogP contribution >= 0.6 is 11.8 Å². The van der Waals surface area contributed by atoms with Gasteiger partial charge in [-0.05, 0) is 48.6 Å². The minimum absolute atomic E-state index is 0.0958. The molecule has 7 heteroatoms. The first-order valence-corrected chi connectivity index (χ1v) is 12.1. The molecule has 1 aliphatic heterocycles. The van der Waals surface area contributed by atoms with Crippen molar-refractivity contribution < 1.29 is 13.2 Å². The van der Waals surface area contributed by atoms with E-state index in [9.17, 15) is 13.2 Å². The van der Waals surface area contributed by atoms with Crippen LogP contribution in [0.5, 0.6) is 0 Å². The van der Waals surface area contributed by atoms with Crippen LogP contribution in [-0.4, -0.2) is 37.5 Å². The fraction of sp³-hybridized carbons (Fsp3) is 0.381. The van der Waals surface area contributed by atoms with E-state index in [1.165, 1.54) is 5.56 Å². The van der Waals surface area contributed by atoms with Gasteiger partial charge in [-0.1, -0.05) is 37.3 Å². The summed E-state index contributed by atoms with van der Waals surface area (Å²) in [6.07, 6.45) is 1.79. The average molecular weight is 419 g/mol. The quantitative estimate of drug-likeness (QED) is 0.739. The standard InChI is InChI=1S/C21H26N2O3S2/c1-17-11-13-23(14-12-17)28(25,26)20-9-7-19(8-10-20)22-21(24)16-27-15-18-5-3-2-4-6-18/h2-10,17H,11-16H2,1H3,(H,22,24). The van der Waals surface area contributed by atoms with E-state index in [0.29, 0.717) is 30.4 Å². The predicted molar refractivity (Wildman–Crippen MR) is 115 cm³/mol. The molecule has 0 radical (unpaired) electrons. The van der Waals surface area contributed by atoms with Gasteiger partial charge in [-0.15, -0.1) is 11.8 Å². The predicted octanol–water partition coefficient (Wildman–Crippen LogP) is 3.98. The summed E-state index contributed by atoms with van der Waals surface area (Å²) in [5.74, 6) is 1.60. The molecule has 0 aromatic heterocycles. The summed E-state index contributed by atoms with van der Waals surface area (Å²) in [6.45, 7) is 3.29. The Morgan fingerprint density at radius 2 is 1.71 bits per heavy atom. The maximum atomic E-state index is 12.7. The van der Waals surface area contributed by atoms with Crippen LogP contribution in [-0.2, 0) is 20.6 Å². The van der Waals surface area contributed by atoms with Gasteiger partial charge in [0.25, 0.3) is 0 Å². The molecule has 2 aromatic carbocycles. The van der Waals surface area contributed by atoms with Crippen molar-refractivity contribution in [2.24, 2.45) is 5.92 Å². The molecule has 0 bridgehead atoms. The smallest absolute Gasteiger partial charge is 0.243 e. The molecule has 1 aliphatic rings. The lowest BCUT2D eigenvalue weighted by Gasteiger charge is -2.29. The summed E-state index contributed by atoms with van der Waals surface area (Å²) in [4.78, 5) is 12.4. The van der Waals surface area contributed by atoms with Gasteiger partial charge in [0.05, 0.1) is 10.6 Å². The number of thioether (sulfide) groups is 1. The van der Waals surface area contributed by atoms with Gasteiger partial charge in [-0.3, -0.25) is 4.79 Å². The van der Waals surface area contributed by atoms with Crippen LogP contribution in [0.3, 0.4) is 0 Å². The summed E-state index contributed by atoms with van der Waals surface area (Å²) in [5.41, 5.74) is 1.79. The van der Waals surface area contributed by atoms with Crippen molar-refractivity contribution in [3.05, 3.63) is 60.2 Å². The number of rotatable bonds is 7. The third-order valence-electron chi connectivity index (χ3n) is 4.86. The van der Waals surface area contributed by atoms with Crippen LogP contribution < -0.4 is 5.32 Å². The van der Waals surface area contributed by atoms with E-state index in [-0.39, 0.29) is 10.8 Å². The number of anilines is 1. The molecule has 28 heavy (non-hydrogen) atoms. The number of carbonyl (C=O) groups is 1. The molecule has 5 nitrogen and oxygen atoms in total. The minimum atomic E-state index is -3.46. The Kier molecular flexibility index (Phi) is 7.15. The molecule has 1 fully saturated rings. The molecule has 150 valence electrons. The highest BCUT2D eigenvalue weighted by atomic mass is 32.2. The Bertz CT molecular complexity index is 876. The lowest BCUT2D eigenvalue weighted by atomic mass is 10.0. The molecule has 1 N–H and O–H groups in total. The highest BCUT2D eigenvalue weighted by Crippen LogP contribution is 2.24. The minimum Gasteiger partial charge on any atom is -0.325 e. The van der Waals surface area contributed by atoms with Gasteiger partial charge < -0.3 is 5.32 Å². The number of piperidine rings is 1. The normalized spacial score (nSPS) is 16.0. The van der Waals surface area contributed by atoms with Crippen molar-refractivity contribution in [3.8, 4) is 0 Å². The molecular formula is C21H26N2O3S2. The Balaban J connectivity index is 1.51. The molecule has 2 aromatic rings. The molecule has 0 spiro atoms. The molecule has 3 rings (SSSR count). The van der Waals surface area contributed by atoms with Crippen LogP contribution in [0.15, 0.2) is 59.5 Å². The van der Waals surface area contributed by atoms with Crippen molar-refractivity contribution in [2.45, 2.75) is 30.4 Å². The second kappa shape index (κ2) is 9.58. The lowest BCUT2D eigenvalue weighted by molar-refractivity contribution is -0.113. The van der Waals surface area contributed by atoms with E-state index in [4.69, 9.17) is 0 Å². The van der Waals surface area contributed by atoms with Crippen LogP contribution in [0, 0.1) is 5.92 Å². The summed E-state index contributed by atoms with van der Waals surface area (Å²) in [7, 11) is -3.46. The van der Waals surface area contributed by atoms with Crippen LogP contribution in [0.25, 0.3) is 0 Å². The summed E-state index contributed by atoms with van der Waals surface area (Å²) in [5, 5.41) is 2.82. The third-order valence-corrected chi connectivity index (χ3v) is 7.78. The van der Waals surface area contributed by atoms with E-state index < -0.39 is 10.0 Å². The lowest BCUT2D eigenvalue weighted by Crippen LogP contribution is -2.37. The topological polar surface area (TPSA) is 66.5 Å². The molecule has 0 atom stereocenters. The van der Waals surface area contributed by atoms with Crippen LogP contribution in [0.4, 0.5) is 5.69 Å². The SMILES string of the molecule is CC1CCN(S(=O)(=O)c2ccc(NC(=O)CSCc3ccccc3)cc2)CC1. The molecule has 0 saturated carbocycles. The van der Waals surface area contributed by atoms with Crippen LogP contribution in [0.2, 0.25) is 0 Å². The van der Waals surface area contributed by atoms with Crippen molar-refractivity contribution in [2.75, 3.05) is 24.2 Å². The molecule has 0 aliphatic carbocycles. The number of amides is 1. The number of sulfonamides is 1. The van der Waals surface area contributed by atoms with Crippen molar-refractivity contribution in [1.29, 1.82) is 0 Å². The Morgan fingerprint density at radius 1 is 1.07 bits per heavy atom. The first-order chi connectivity index (χ1) is 13.4. The number of nitrogens with zero attached hydrogens (tertiary/aromatic N) is 1. The first-order valence-electron chi connectivity index (χ1n) is 9.47. The zero-order chi connectivity index (χ0) is 20.0. The number of hydrogen-bond acceptors (Lipinski definition) is 4. The number of nitrogens with one attached hydrogen (secondary N) is 1. The zero-order valence-corrected chi connectivity index (χ0v) is 17.6. The largest absolute Gasteiger partial charge is 0.325 e. The number of hydrogen-bond donors (Lipinski definition) is 1. The maximum absolute atomic E-state index is 12.7. The summed E-state index contributed by atoms with van der Waals surface area (Å²) >= 11 is 1.55. The van der Waals surface area contributed by atoms with Gasteiger partial charge >= 0.3 is 0 Å². The zero-order valence-electron chi connectivity index (χ0n) is 16.0. The Hall–Kier alpha value is -1.83. The van der Waals surface area contributed by atoms with Gasteiger partial charge in [-0.25, -0.2) is 8.42 Å². The number of carbonyl (C=O) groups excluding carboxylic acids is 1. The van der Waals surface area contributed by atoms with E-state index in [1.807, 2.05) is 30.3 Å². The highest BCUT2D eigenvalue weighted by molar-refractivity contribution is 7.99. The number of benzene rings is 2. The van der Waals surface area contributed by atoms with E-state index in [2.05, 4.69) is 12.2 Å². The van der Waals surface area contributed by atoms with Gasteiger partial charge in [0.2, 0.25) is 15.9 Å². The fourth-order valence-corrected chi connectivity index (χ4v) is 5.37. The molecule has 1 amide bonds. The van der Waals surface area contributed by atoms with Crippen LogP contribution in [0.1, 0.15) is 25.3 Å². The maximum Gasteiger partial charge on any atom is 0.243 e. The first kappa shape index (κ1) is 20.9. The van der Waals surface area contributed by atoms with Gasteiger partial charge in [0.15, 0.2) is 0 Å². The Morgan fingerprint density at radius 3 is 2.36 bits per heavy atom. The molecule has 1 saturated heterocycles. The van der Waals surface area contributed by atoms with E-state index in [1.54, 1.807) is 40.3 Å². The second-order valence-corrected chi connectivity index (χ2v) is 10.1.